The van der Waals surface area contributed by atoms with Crippen LogP contribution in [-0.4, -0.2) is 36.4 Å². The summed E-state index contributed by atoms with van der Waals surface area (Å²) in [4.78, 5) is 4.23. The highest BCUT2D eigenvalue weighted by Crippen LogP contribution is 2.13. The second kappa shape index (κ2) is 4.68. The fourth-order valence-corrected chi connectivity index (χ4v) is 2.20. The van der Waals surface area contributed by atoms with E-state index in [4.69, 9.17) is 0 Å². The molecule has 1 N–H and O–H groups in total. The molecule has 0 aliphatic rings. The van der Waals surface area contributed by atoms with E-state index in [-0.39, 0.29) is 6.54 Å². The van der Waals surface area contributed by atoms with E-state index in [1.165, 1.54) is 14.1 Å². The van der Waals surface area contributed by atoms with Gasteiger partial charge in [0.15, 0.2) is 0 Å². The molecule has 98 valence electrons. The van der Waals surface area contributed by atoms with Crippen LogP contribution >= 0.6 is 0 Å². The molecule has 0 aliphatic heterocycles. The SMILES string of the molecule is CN(C)S(=O)(=O)NCc1ccc2c(c1)ncn2C. The van der Waals surface area contributed by atoms with E-state index in [1.807, 2.05) is 29.8 Å². The first-order valence-corrected chi connectivity index (χ1v) is 6.91. The second-order valence-electron chi connectivity index (χ2n) is 4.29. The smallest absolute Gasteiger partial charge is 0.279 e. The molecule has 0 saturated heterocycles. The third-order valence-electron chi connectivity index (χ3n) is 2.73. The van der Waals surface area contributed by atoms with Gasteiger partial charge in [0.1, 0.15) is 0 Å². The Morgan fingerprint density at radius 3 is 2.78 bits per heavy atom. The quantitative estimate of drug-likeness (QED) is 0.876. The average molecular weight is 268 g/mol. The van der Waals surface area contributed by atoms with Crippen LogP contribution in [0.25, 0.3) is 11.0 Å². The molecule has 2 rings (SSSR count). The Morgan fingerprint density at radius 1 is 1.39 bits per heavy atom. The minimum Gasteiger partial charge on any atom is -0.334 e. The van der Waals surface area contributed by atoms with Gasteiger partial charge in [-0.1, -0.05) is 6.07 Å². The van der Waals surface area contributed by atoms with Crippen molar-refractivity contribution in [2.75, 3.05) is 14.1 Å². The van der Waals surface area contributed by atoms with Gasteiger partial charge in [-0.3, -0.25) is 0 Å². The van der Waals surface area contributed by atoms with Crippen molar-refractivity contribution in [3.8, 4) is 0 Å². The molecule has 0 amide bonds. The van der Waals surface area contributed by atoms with Gasteiger partial charge in [0.05, 0.1) is 17.4 Å². The molecule has 6 nitrogen and oxygen atoms in total. The Morgan fingerprint density at radius 2 is 2.11 bits per heavy atom. The van der Waals surface area contributed by atoms with Crippen LogP contribution in [0.5, 0.6) is 0 Å². The van der Waals surface area contributed by atoms with Crippen molar-refractivity contribution in [3.63, 3.8) is 0 Å². The molecule has 2 aromatic rings. The molecular formula is C11H16N4O2S. The summed E-state index contributed by atoms with van der Waals surface area (Å²) in [6.45, 7) is 0.257. The molecule has 7 heteroatoms. The summed E-state index contributed by atoms with van der Waals surface area (Å²) in [5, 5.41) is 0. The summed E-state index contributed by atoms with van der Waals surface area (Å²) in [5.74, 6) is 0. The molecule has 1 heterocycles. The molecule has 1 aromatic carbocycles. The fourth-order valence-electron chi connectivity index (χ4n) is 1.60. The molecule has 18 heavy (non-hydrogen) atoms. The van der Waals surface area contributed by atoms with Gasteiger partial charge in [-0.15, -0.1) is 0 Å². The third-order valence-corrected chi connectivity index (χ3v) is 4.20. The number of imidazole rings is 1. The predicted octanol–water partition coefficient (Wildman–Crippen LogP) is 0.469. The highest BCUT2D eigenvalue weighted by molar-refractivity contribution is 7.87. The minimum absolute atomic E-state index is 0.257. The van der Waals surface area contributed by atoms with Crippen LogP contribution in [0.2, 0.25) is 0 Å². The minimum atomic E-state index is -3.39. The summed E-state index contributed by atoms with van der Waals surface area (Å²) in [7, 11) is 1.51. The van der Waals surface area contributed by atoms with Gasteiger partial charge >= 0.3 is 0 Å². The van der Waals surface area contributed by atoms with E-state index in [0.29, 0.717) is 0 Å². The lowest BCUT2D eigenvalue weighted by atomic mass is 10.2. The topological polar surface area (TPSA) is 67.2 Å². The van der Waals surface area contributed by atoms with Crippen molar-refractivity contribution in [3.05, 3.63) is 30.1 Å². The van der Waals surface area contributed by atoms with Crippen molar-refractivity contribution in [1.29, 1.82) is 0 Å². The van der Waals surface area contributed by atoms with Gasteiger partial charge in [0.25, 0.3) is 10.2 Å². The first-order chi connectivity index (χ1) is 8.40. The van der Waals surface area contributed by atoms with Gasteiger partial charge in [0, 0.05) is 27.7 Å². The van der Waals surface area contributed by atoms with Crippen molar-refractivity contribution < 1.29 is 8.42 Å². The van der Waals surface area contributed by atoms with Gasteiger partial charge in [-0.25, -0.2) is 4.98 Å². The van der Waals surface area contributed by atoms with Gasteiger partial charge in [-0.2, -0.15) is 17.4 Å². The summed E-state index contributed by atoms with van der Waals surface area (Å²) >= 11 is 0. The monoisotopic (exact) mass is 268 g/mol. The molecule has 0 saturated carbocycles. The van der Waals surface area contributed by atoms with Crippen molar-refractivity contribution >= 4 is 21.2 Å². The lowest BCUT2D eigenvalue weighted by molar-refractivity contribution is 0.505. The molecule has 0 aliphatic carbocycles. The third kappa shape index (κ3) is 2.53. The maximum absolute atomic E-state index is 11.6. The first-order valence-electron chi connectivity index (χ1n) is 5.47. The highest BCUT2D eigenvalue weighted by atomic mass is 32.2. The number of fused-ring (bicyclic) bond motifs is 1. The molecular weight excluding hydrogens is 252 g/mol. The van der Waals surface area contributed by atoms with Crippen molar-refractivity contribution in [2.45, 2.75) is 6.54 Å². The zero-order chi connectivity index (χ0) is 13.3. The summed E-state index contributed by atoms with van der Waals surface area (Å²) in [6.07, 6.45) is 1.73. The second-order valence-corrected chi connectivity index (χ2v) is 6.26. The Labute approximate surface area is 106 Å². The standard InChI is InChI=1S/C11H16N4O2S/c1-14(2)18(16,17)13-7-9-4-5-11-10(6-9)12-8-15(11)3/h4-6,8,13H,7H2,1-3H3. The van der Waals surface area contributed by atoms with E-state index < -0.39 is 10.2 Å². The van der Waals surface area contributed by atoms with Crippen LogP contribution in [0.4, 0.5) is 0 Å². The highest BCUT2D eigenvalue weighted by Gasteiger charge is 2.12. The van der Waals surface area contributed by atoms with Crippen LogP contribution in [-0.2, 0) is 23.8 Å². The predicted molar refractivity (Wildman–Crippen MR) is 70.2 cm³/mol. The molecule has 0 spiro atoms. The molecule has 0 atom stereocenters. The number of hydrogen-bond donors (Lipinski definition) is 1. The van der Waals surface area contributed by atoms with Crippen LogP contribution in [0.3, 0.4) is 0 Å². The first kappa shape index (κ1) is 13.0. The zero-order valence-corrected chi connectivity index (χ0v) is 11.4. The Hall–Kier alpha value is -1.44. The number of nitrogens with one attached hydrogen (secondary N) is 1. The molecule has 0 radical (unpaired) electrons. The van der Waals surface area contributed by atoms with Crippen LogP contribution in [0, 0.1) is 0 Å². The Kier molecular flexibility index (Phi) is 3.38. The lowest BCUT2D eigenvalue weighted by Gasteiger charge is -2.12. The van der Waals surface area contributed by atoms with Gasteiger partial charge in [-0.05, 0) is 17.7 Å². The van der Waals surface area contributed by atoms with Crippen LogP contribution in [0.15, 0.2) is 24.5 Å². The van der Waals surface area contributed by atoms with Crippen LogP contribution in [0.1, 0.15) is 5.56 Å². The van der Waals surface area contributed by atoms with E-state index in [9.17, 15) is 8.42 Å². The van der Waals surface area contributed by atoms with Crippen LogP contribution < -0.4 is 4.72 Å². The molecule has 0 unspecified atom stereocenters. The van der Waals surface area contributed by atoms with Gasteiger partial charge < -0.3 is 4.57 Å². The summed E-state index contributed by atoms with van der Waals surface area (Å²) in [5.41, 5.74) is 2.76. The maximum atomic E-state index is 11.6. The number of nitrogens with zero attached hydrogens (tertiary/aromatic N) is 3. The number of hydrogen-bond acceptors (Lipinski definition) is 3. The average Bonchev–Trinajstić information content (AvgIpc) is 2.68. The lowest BCUT2D eigenvalue weighted by Crippen LogP contribution is -2.35. The summed E-state index contributed by atoms with van der Waals surface area (Å²) < 4.78 is 28.7. The maximum Gasteiger partial charge on any atom is 0.279 e. The Bertz CT molecular complexity index is 661. The number of aryl methyl sites for hydroxylation is 1. The number of aromatic nitrogens is 2. The zero-order valence-electron chi connectivity index (χ0n) is 10.6. The van der Waals surface area contributed by atoms with E-state index in [1.54, 1.807) is 6.33 Å². The van der Waals surface area contributed by atoms with E-state index in [2.05, 4.69) is 9.71 Å². The largest absolute Gasteiger partial charge is 0.334 e. The van der Waals surface area contributed by atoms with Crippen molar-refractivity contribution in [2.24, 2.45) is 7.05 Å². The normalized spacial score (nSPS) is 12.4. The Balaban J connectivity index is 2.18. The molecule has 0 bridgehead atoms. The van der Waals surface area contributed by atoms with Gasteiger partial charge in [0.2, 0.25) is 0 Å². The summed E-state index contributed by atoms with van der Waals surface area (Å²) in [6, 6.07) is 5.71. The number of rotatable bonds is 4. The van der Waals surface area contributed by atoms with E-state index in [0.717, 1.165) is 20.9 Å². The van der Waals surface area contributed by atoms with Crippen molar-refractivity contribution in [1.82, 2.24) is 18.6 Å². The van der Waals surface area contributed by atoms with E-state index >= 15 is 0 Å². The molecule has 1 aromatic heterocycles. The fraction of sp³-hybridized carbons (Fsp3) is 0.364. The number of benzene rings is 1. The molecule has 0 fully saturated rings.